The largest absolute Gasteiger partial charge is 0.456 e. The molecule has 2 unspecified atom stereocenters. The van der Waals surface area contributed by atoms with Gasteiger partial charge in [-0.25, -0.2) is 4.79 Å². The van der Waals surface area contributed by atoms with Crippen molar-refractivity contribution < 1.29 is 33.3 Å². The molecule has 0 amide bonds. The molecular formula is C18H22O7. The first-order valence-corrected chi connectivity index (χ1v) is 8.05. The van der Waals surface area contributed by atoms with E-state index < -0.39 is 42.5 Å². The van der Waals surface area contributed by atoms with Gasteiger partial charge in [-0.1, -0.05) is 25.1 Å². The monoisotopic (exact) mass is 350 g/mol. The SMILES string of the molecule is CC(=O)OC1OC([C@@H](C)OC(=O)c2ccccc2)[C@@H](C)[C@H]1OC(C)=O. The summed E-state index contributed by atoms with van der Waals surface area (Å²) in [5.74, 6) is -1.87. The van der Waals surface area contributed by atoms with Crippen LogP contribution in [0.2, 0.25) is 0 Å². The molecule has 7 nitrogen and oxygen atoms in total. The fourth-order valence-electron chi connectivity index (χ4n) is 2.82. The number of ether oxygens (including phenoxy) is 4. The Labute approximate surface area is 146 Å². The Bertz CT molecular complexity index is 628. The van der Waals surface area contributed by atoms with Crippen LogP contribution in [-0.2, 0) is 28.5 Å². The Morgan fingerprint density at radius 3 is 2.20 bits per heavy atom. The maximum Gasteiger partial charge on any atom is 0.338 e. The predicted molar refractivity (Wildman–Crippen MR) is 86.5 cm³/mol. The van der Waals surface area contributed by atoms with E-state index in [1.807, 2.05) is 0 Å². The molecule has 0 radical (unpaired) electrons. The number of carbonyl (C=O) groups is 3. The quantitative estimate of drug-likeness (QED) is 0.593. The van der Waals surface area contributed by atoms with Crippen molar-refractivity contribution in [2.24, 2.45) is 5.92 Å². The van der Waals surface area contributed by atoms with Crippen molar-refractivity contribution in [3.05, 3.63) is 35.9 Å². The number of benzene rings is 1. The summed E-state index contributed by atoms with van der Waals surface area (Å²) < 4.78 is 21.5. The van der Waals surface area contributed by atoms with Crippen molar-refractivity contribution in [2.75, 3.05) is 0 Å². The molecule has 0 aromatic heterocycles. The third-order valence-corrected chi connectivity index (χ3v) is 3.95. The van der Waals surface area contributed by atoms with E-state index in [-0.39, 0.29) is 5.92 Å². The third-order valence-electron chi connectivity index (χ3n) is 3.95. The number of rotatable bonds is 5. The van der Waals surface area contributed by atoms with Gasteiger partial charge in [0.05, 0.1) is 5.56 Å². The van der Waals surface area contributed by atoms with Crippen molar-refractivity contribution in [2.45, 2.75) is 52.3 Å². The molecule has 0 spiro atoms. The zero-order valence-electron chi connectivity index (χ0n) is 14.6. The van der Waals surface area contributed by atoms with Gasteiger partial charge in [0.2, 0.25) is 6.29 Å². The molecule has 7 heteroatoms. The van der Waals surface area contributed by atoms with Crippen LogP contribution < -0.4 is 0 Å². The van der Waals surface area contributed by atoms with E-state index in [9.17, 15) is 14.4 Å². The molecule has 2 rings (SSSR count). The number of hydrogen-bond donors (Lipinski definition) is 0. The molecule has 1 saturated heterocycles. The van der Waals surface area contributed by atoms with Gasteiger partial charge >= 0.3 is 17.9 Å². The molecule has 1 aromatic rings. The van der Waals surface area contributed by atoms with Crippen LogP contribution in [0.3, 0.4) is 0 Å². The van der Waals surface area contributed by atoms with Gasteiger partial charge < -0.3 is 18.9 Å². The first-order valence-electron chi connectivity index (χ1n) is 8.05. The maximum atomic E-state index is 12.2. The summed E-state index contributed by atoms with van der Waals surface area (Å²) in [4.78, 5) is 34.7. The summed E-state index contributed by atoms with van der Waals surface area (Å²) in [6.45, 7) is 5.98. The van der Waals surface area contributed by atoms with Gasteiger partial charge in [-0.2, -0.15) is 0 Å². The highest BCUT2D eigenvalue weighted by Crippen LogP contribution is 2.33. The van der Waals surface area contributed by atoms with Crippen LogP contribution in [0.1, 0.15) is 38.1 Å². The van der Waals surface area contributed by atoms with Crippen molar-refractivity contribution in [1.29, 1.82) is 0 Å². The smallest absolute Gasteiger partial charge is 0.338 e. The Balaban J connectivity index is 2.08. The van der Waals surface area contributed by atoms with Crippen LogP contribution >= 0.6 is 0 Å². The lowest BCUT2D eigenvalue weighted by molar-refractivity contribution is -0.198. The highest BCUT2D eigenvalue weighted by molar-refractivity contribution is 5.89. The summed E-state index contributed by atoms with van der Waals surface area (Å²) in [7, 11) is 0. The van der Waals surface area contributed by atoms with E-state index in [0.717, 1.165) is 0 Å². The topological polar surface area (TPSA) is 88.1 Å². The summed E-state index contributed by atoms with van der Waals surface area (Å²) >= 11 is 0. The average Bonchev–Trinajstić information content (AvgIpc) is 2.84. The highest BCUT2D eigenvalue weighted by atomic mass is 16.7. The fraction of sp³-hybridized carbons (Fsp3) is 0.500. The van der Waals surface area contributed by atoms with Crippen LogP contribution in [-0.4, -0.2) is 42.5 Å². The molecule has 0 saturated carbocycles. The number of carbonyl (C=O) groups excluding carboxylic acids is 3. The van der Waals surface area contributed by atoms with E-state index in [1.54, 1.807) is 44.2 Å². The molecule has 5 atom stereocenters. The van der Waals surface area contributed by atoms with Crippen molar-refractivity contribution in [1.82, 2.24) is 0 Å². The number of esters is 3. The standard InChI is InChI=1S/C18H22O7/c1-10-15(11(2)22-17(21)14-8-6-5-7-9-14)25-18(24-13(4)20)16(10)23-12(3)19/h5-11,15-16,18H,1-4H3/t10-,11-,15?,16-,18?/m1/s1. The fourth-order valence-corrected chi connectivity index (χ4v) is 2.82. The number of hydrogen-bond acceptors (Lipinski definition) is 7. The molecule has 0 aliphatic carbocycles. The van der Waals surface area contributed by atoms with Gasteiger partial charge in [-0.3, -0.25) is 9.59 Å². The lowest BCUT2D eigenvalue weighted by Crippen LogP contribution is -2.36. The Morgan fingerprint density at radius 1 is 1.04 bits per heavy atom. The van der Waals surface area contributed by atoms with Crippen molar-refractivity contribution in [3.63, 3.8) is 0 Å². The van der Waals surface area contributed by atoms with Crippen LogP contribution in [0.25, 0.3) is 0 Å². The minimum absolute atomic E-state index is 0.327. The van der Waals surface area contributed by atoms with Gasteiger partial charge in [0.15, 0.2) is 6.10 Å². The predicted octanol–water partition coefficient (Wildman–Crippen LogP) is 2.09. The summed E-state index contributed by atoms with van der Waals surface area (Å²) in [5, 5.41) is 0. The molecule has 25 heavy (non-hydrogen) atoms. The molecule has 1 aliphatic heterocycles. The Kier molecular flexibility index (Phi) is 6.14. The zero-order chi connectivity index (χ0) is 18.6. The van der Waals surface area contributed by atoms with E-state index in [0.29, 0.717) is 5.56 Å². The van der Waals surface area contributed by atoms with Crippen LogP contribution in [0, 0.1) is 5.92 Å². The molecular weight excluding hydrogens is 328 g/mol. The van der Waals surface area contributed by atoms with Gasteiger partial charge in [-0.05, 0) is 19.1 Å². The molecule has 136 valence electrons. The summed E-state index contributed by atoms with van der Waals surface area (Å²) in [5.41, 5.74) is 0.424. The second kappa shape index (κ2) is 8.11. The lowest BCUT2D eigenvalue weighted by Gasteiger charge is -2.23. The summed E-state index contributed by atoms with van der Waals surface area (Å²) in [6.07, 6.45) is -2.99. The van der Waals surface area contributed by atoms with Crippen LogP contribution in [0.15, 0.2) is 30.3 Å². The lowest BCUT2D eigenvalue weighted by atomic mass is 9.97. The minimum Gasteiger partial charge on any atom is -0.456 e. The van der Waals surface area contributed by atoms with E-state index in [4.69, 9.17) is 18.9 Å². The van der Waals surface area contributed by atoms with Gasteiger partial charge in [0, 0.05) is 19.8 Å². The van der Waals surface area contributed by atoms with Crippen molar-refractivity contribution in [3.8, 4) is 0 Å². The van der Waals surface area contributed by atoms with E-state index >= 15 is 0 Å². The molecule has 1 aliphatic rings. The first-order chi connectivity index (χ1) is 11.8. The van der Waals surface area contributed by atoms with Crippen molar-refractivity contribution >= 4 is 17.9 Å². The maximum absolute atomic E-state index is 12.2. The van der Waals surface area contributed by atoms with Gasteiger partial charge in [0.1, 0.15) is 12.2 Å². The van der Waals surface area contributed by atoms with E-state index in [1.165, 1.54) is 13.8 Å². The van der Waals surface area contributed by atoms with Crippen LogP contribution in [0.4, 0.5) is 0 Å². The minimum atomic E-state index is -1.03. The van der Waals surface area contributed by atoms with E-state index in [2.05, 4.69) is 0 Å². The molecule has 1 fully saturated rings. The zero-order valence-corrected chi connectivity index (χ0v) is 14.6. The molecule has 1 aromatic carbocycles. The van der Waals surface area contributed by atoms with Gasteiger partial charge in [0.25, 0.3) is 0 Å². The first kappa shape index (κ1) is 18.9. The molecule has 0 bridgehead atoms. The second-order valence-corrected chi connectivity index (χ2v) is 5.99. The Morgan fingerprint density at radius 2 is 1.64 bits per heavy atom. The van der Waals surface area contributed by atoms with Crippen LogP contribution in [0.5, 0.6) is 0 Å². The Hall–Kier alpha value is -2.41. The molecule has 0 N–H and O–H groups in total. The highest BCUT2D eigenvalue weighted by Gasteiger charge is 2.49. The summed E-state index contributed by atoms with van der Waals surface area (Å²) in [6, 6.07) is 8.58. The van der Waals surface area contributed by atoms with Gasteiger partial charge in [-0.15, -0.1) is 0 Å². The molecule has 1 heterocycles. The average molecular weight is 350 g/mol. The second-order valence-electron chi connectivity index (χ2n) is 5.99. The third kappa shape index (κ3) is 4.79. The normalized spacial score (nSPS) is 26.6.